The number of aromatic nitrogens is 2. The van der Waals surface area contributed by atoms with Crippen LogP contribution in [0.3, 0.4) is 0 Å². The first kappa shape index (κ1) is 23.1. The summed E-state index contributed by atoms with van der Waals surface area (Å²) in [6.45, 7) is 4.23. The van der Waals surface area contributed by atoms with Crippen molar-refractivity contribution in [2.24, 2.45) is 0 Å². The van der Waals surface area contributed by atoms with E-state index in [1.807, 2.05) is 18.2 Å². The summed E-state index contributed by atoms with van der Waals surface area (Å²) >= 11 is 8.02. The van der Waals surface area contributed by atoms with Crippen molar-refractivity contribution in [2.45, 2.75) is 36.0 Å². The van der Waals surface area contributed by atoms with E-state index in [1.54, 1.807) is 12.3 Å². The van der Waals surface area contributed by atoms with Gasteiger partial charge in [-0.15, -0.1) is 0 Å². The first-order valence-electron chi connectivity index (χ1n) is 9.02. The smallest absolute Gasteiger partial charge is 0.362 e. The van der Waals surface area contributed by atoms with Crippen LogP contribution in [0.2, 0.25) is 5.02 Å². The predicted octanol–water partition coefficient (Wildman–Crippen LogP) is 7.44. The monoisotopic (exact) mass is 480 g/mol. The standard InChI is InChI=1S/C21H16ClF3N4S2/c1-12(2)13-4-3-5-15(8-13)27-7-6-18-16(10-26)19(29-31-18)30-20-17(22)9-14(11-28-20)21(23,24)25/h3-9,11-12,27H,1-2H3/b7-6+. The number of pyridine rings is 1. The van der Waals surface area contributed by atoms with Gasteiger partial charge in [0.1, 0.15) is 21.7 Å². The summed E-state index contributed by atoms with van der Waals surface area (Å²) < 4.78 is 42.6. The molecule has 31 heavy (non-hydrogen) atoms. The molecule has 1 N–H and O–H groups in total. The maximum absolute atomic E-state index is 12.8. The Balaban J connectivity index is 1.76. The summed E-state index contributed by atoms with van der Waals surface area (Å²) in [5.74, 6) is 0.405. The van der Waals surface area contributed by atoms with Gasteiger partial charge in [0.15, 0.2) is 0 Å². The molecule has 0 saturated heterocycles. The first-order chi connectivity index (χ1) is 14.7. The Labute approximate surface area is 190 Å². The van der Waals surface area contributed by atoms with Crippen LogP contribution in [0.1, 0.15) is 41.3 Å². The van der Waals surface area contributed by atoms with Gasteiger partial charge < -0.3 is 5.32 Å². The van der Waals surface area contributed by atoms with E-state index in [0.717, 1.165) is 35.0 Å². The minimum atomic E-state index is -4.53. The lowest BCUT2D eigenvalue weighted by molar-refractivity contribution is -0.137. The molecule has 160 valence electrons. The molecule has 2 aromatic heterocycles. The number of anilines is 1. The van der Waals surface area contributed by atoms with Crippen LogP contribution in [-0.2, 0) is 6.18 Å². The Bertz CT molecular complexity index is 1150. The van der Waals surface area contributed by atoms with Gasteiger partial charge >= 0.3 is 6.18 Å². The zero-order chi connectivity index (χ0) is 22.6. The molecule has 0 spiro atoms. The van der Waals surface area contributed by atoms with E-state index >= 15 is 0 Å². The number of hydrogen-bond donors (Lipinski definition) is 1. The Morgan fingerprint density at radius 2 is 2.03 bits per heavy atom. The van der Waals surface area contributed by atoms with Crippen LogP contribution in [-0.4, -0.2) is 9.36 Å². The van der Waals surface area contributed by atoms with Crippen LogP contribution in [0.15, 0.2) is 52.8 Å². The van der Waals surface area contributed by atoms with Gasteiger partial charge in [0, 0.05) is 18.1 Å². The predicted molar refractivity (Wildman–Crippen MR) is 118 cm³/mol. The topological polar surface area (TPSA) is 61.6 Å². The van der Waals surface area contributed by atoms with E-state index < -0.39 is 11.7 Å². The van der Waals surface area contributed by atoms with Crippen molar-refractivity contribution >= 4 is 46.7 Å². The number of alkyl halides is 3. The lowest BCUT2D eigenvalue weighted by atomic mass is 10.0. The van der Waals surface area contributed by atoms with E-state index in [2.05, 4.69) is 40.7 Å². The number of rotatable bonds is 6. The number of hydrogen-bond acceptors (Lipinski definition) is 6. The van der Waals surface area contributed by atoms with Crippen molar-refractivity contribution in [3.63, 3.8) is 0 Å². The van der Waals surface area contributed by atoms with Crippen molar-refractivity contribution < 1.29 is 13.2 Å². The summed E-state index contributed by atoms with van der Waals surface area (Å²) in [7, 11) is 0. The number of nitriles is 1. The molecule has 0 unspecified atom stereocenters. The zero-order valence-electron chi connectivity index (χ0n) is 16.4. The van der Waals surface area contributed by atoms with E-state index in [0.29, 0.717) is 27.6 Å². The quantitative estimate of drug-likeness (QED) is 0.397. The highest BCUT2D eigenvalue weighted by Gasteiger charge is 2.31. The third kappa shape index (κ3) is 5.79. The van der Waals surface area contributed by atoms with Crippen LogP contribution < -0.4 is 5.32 Å². The largest absolute Gasteiger partial charge is 0.417 e. The number of benzene rings is 1. The number of nitrogens with one attached hydrogen (secondary N) is 1. The Kier molecular flexibility index (Phi) is 7.26. The molecule has 2 heterocycles. The fourth-order valence-corrected chi connectivity index (χ4v) is 4.47. The maximum Gasteiger partial charge on any atom is 0.417 e. The molecular formula is C21H16ClF3N4S2. The lowest BCUT2D eigenvalue weighted by Crippen LogP contribution is -2.05. The Morgan fingerprint density at radius 1 is 1.26 bits per heavy atom. The molecule has 0 aliphatic carbocycles. The van der Waals surface area contributed by atoms with Gasteiger partial charge in [-0.3, -0.25) is 0 Å². The Morgan fingerprint density at radius 3 is 2.68 bits per heavy atom. The fourth-order valence-electron chi connectivity index (χ4n) is 2.52. The van der Waals surface area contributed by atoms with Crippen LogP contribution in [0, 0.1) is 11.3 Å². The summed E-state index contributed by atoms with van der Waals surface area (Å²) in [5, 5.41) is 13.0. The highest BCUT2D eigenvalue weighted by molar-refractivity contribution is 7.99. The molecule has 10 heteroatoms. The van der Waals surface area contributed by atoms with Gasteiger partial charge in [0.2, 0.25) is 0 Å². The van der Waals surface area contributed by atoms with E-state index in [9.17, 15) is 18.4 Å². The highest BCUT2D eigenvalue weighted by atomic mass is 35.5. The molecular weight excluding hydrogens is 465 g/mol. The zero-order valence-corrected chi connectivity index (χ0v) is 18.8. The summed E-state index contributed by atoms with van der Waals surface area (Å²) in [6, 6.07) is 10.9. The van der Waals surface area contributed by atoms with Crippen molar-refractivity contribution in [3.8, 4) is 6.07 Å². The molecule has 4 nitrogen and oxygen atoms in total. The summed E-state index contributed by atoms with van der Waals surface area (Å²) in [5.41, 5.74) is 1.49. The number of nitrogens with zero attached hydrogens (tertiary/aromatic N) is 3. The average Bonchev–Trinajstić information content (AvgIpc) is 3.10. The molecule has 3 rings (SSSR count). The van der Waals surface area contributed by atoms with E-state index in [-0.39, 0.29) is 10.0 Å². The summed E-state index contributed by atoms with van der Waals surface area (Å²) in [6.07, 6.45) is -0.379. The van der Waals surface area contributed by atoms with Gasteiger partial charge in [0.05, 0.1) is 15.5 Å². The van der Waals surface area contributed by atoms with Crippen molar-refractivity contribution in [1.82, 2.24) is 9.36 Å². The Hall–Kier alpha value is -2.54. The molecule has 0 saturated carbocycles. The second-order valence-corrected chi connectivity index (χ2v) is 8.90. The average molecular weight is 481 g/mol. The maximum atomic E-state index is 12.8. The van der Waals surface area contributed by atoms with Gasteiger partial charge in [-0.2, -0.15) is 22.8 Å². The van der Waals surface area contributed by atoms with Gasteiger partial charge in [-0.25, -0.2) is 4.98 Å². The highest BCUT2D eigenvalue weighted by Crippen LogP contribution is 2.38. The fraction of sp³-hybridized carbons (Fsp3) is 0.190. The van der Waals surface area contributed by atoms with Crippen LogP contribution in [0.5, 0.6) is 0 Å². The molecule has 0 amide bonds. The molecule has 3 aromatic rings. The summed E-state index contributed by atoms with van der Waals surface area (Å²) in [4.78, 5) is 4.40. The second-order valence-electron chi connectivity index (χ2n) is 6.71. The van der Waals surface area contributed by atoms with Crippen LogP contribution in [0.25, 0.3) is 6.08 Å². The number of halogens is 4. The normalized spacial score (nSPS) is 11.8. The molecule has 1 aromatic carbocycles. The first-order valence-corrected chi connectivity index (χ1v) is 11.0. The molecule has 0 aliphatic heterocycles. The van der Waals surface area contributed by atoms with Crippen molar-refractivity contribution in [1.29, 1.82) is 5.26 Å². The van der Waals surface area contributed by atoms with Crippen LogP contribution >= 0.6 is 34.9 Å². The van der Waals surface area contributed by atoms with Gasteiger partial charge in [-0.1, -0.05) is 37.6 Å². The van der Waals surface area contributed by atoms with Crippen molar-refractivity contribution in [3.05, 3.63) is 69.3 Å². The third-order valence-electron chi connectivity index (χ3n) is 4.17. The van der Waals surface area contributed by atoms with Crippen molar-refractivity contribution in [2.75, 3.05) is 5.32 Å². The van der Waals surface area contributed by atoms with E-state index in [1.165, 1.54) is 5.56 Å². The molecule has 0 fully saturated rings. The minimum absolute atomic E-state index is 0.149. The third-order valence-corrected chi connectivity index (χ3v) is 6.50. The lowest BCUT2D eigenvalue weighted by Gasteiger charge is -2.08. The molecule has 0 bridgehead atoms. The minimum Gasteiger partial charge on any atom is -0.362 e. The van der Waals surface area contributed by atoms with E-state index in [4.69, 9.17) is 11.6 Å². The van der Waals surface area contributed by atoms with Gasteiger partial charge in [-0.05, 0) is 59.1 Å². The SMILES string of the molecule is CC(C)c1cccc(N/C=C/c2snc(Sc3ncc(C(F)(F)F)cc3Cl)c2C#N)c1. The van der Waals surface area contributed by atoms with Crippen LogP contribution in [0.4, 0.5) is 18.9 Å². The molecule has 0 radical (unpaired) electrons. The molecule has 0 atom stereocenters. The van der Waals surface area contributed by atoms with Gasteiger partial charge in [0.25, 0.3) is 0 Å². The molecule has 0 aliphatic rings. The second kappa shape index (κ2) is 9.73.